The number of hydrogen-bond acceptors (Lipinski definition) is 8. The standard InChI is InChI=1S/C13H19N3O8/c17-4-6(19)2-14-11(21)7-3-16(13(23)15-12(7)22)10-1-8(20)9(5-18)24-10/h3,6,8-10,17-20H,1-2,4-5H2,(H,14,21)(H,15,22,23)/t6-,8-,9+,10+/m0/s1. The minimum absolute atomic E-state index is 0.00145. The third kappa shape index (κ3) is 3.88. The van der Waals surface area contributed by atoms with Gasteiger partial charge in [0.15, 0.2) is 0 Å². The third-order valence-electron chi connectivity index (χ3n) is 3.62. The summed E-state index contributed by atoms with van der Waals surface area (Å²) in [5.41, 5.74) is -2.16. The molecule has 6 N–H and O–H groups in total. The summed E-state index contributed by atoms with van der Waals surface area (Å²) in [5, 5.41) is 38.9. The van der Waals surface area contributed by atoms with Crippen molar-refractivity contribution in [2.24, 2.45) is 0 Å². The number of hydrogen-bond donors (Lipinski definition) is 6. The van der Waals surface area contributed by atoms with Gasteiger partial charge in [0.1, 0.15) is 17.9 Å². The molecule has 1 saturated heterocycles. The maximum absolute atomic E-state index is 12.0. The average Bonchev–Trinajstić information content (AvgIpc) is 2.92. The van der Waals surface area contributed by atoms with Gasteiger partial charge >= 0.3 is 5.69 Å². The third-order valence-corrected chi connectivity index (χ3v) is 3.62. The largest absolute Gasteiger partial charge is 0.394 e. The molecule has 1 aromatic rings. The Morgan fingerprint density at radius 3 is 2.75 bits per heavy atom. The molecule has 4 atom stereocenters. The summed E-state index contributed by atoms with van der Waals surface area (Å²) in [7, 11) is 0. The van der Waals surface area contributed by atoms with E-state index >= 15 is 0 Å². The highest BCUT2D eigenvalue weighted by Crippen LogP contribution is 2.27. The first-order chi connectivity index (χ1) is 11.4. The van der Waals surface area contributed by atoms with Crippen LogP contribution in [0.5, 0.6) is 0 Å². The monoisotopic (exact) mass is 345 g/mol. The Balaban J connectivity index is 2.24. The fourth-order valence-corrected chi connectivity index (χ4v) is 2.28. The zero-order chi connectivity index (χ0) is 17.9. The second-order valence-corrected chi connectivity index (χ2v) is 5.37. The number of nitrogens with zero attached hydrogens (tertiary/aromatic N) is 1. The van der Waals surface area contributed by atoms with Crippen LogP contribution in [-0.4, -0.2) is 74.0 Å². The number of aliphatic hydroxyl groups excluding tert-OH is 4. The number of ether oxygens (including phenoxy) is 1. The molecule has 0 aromatic carbocycles. The summed E-state index contributed by atoms with van der Waals surface area (Å²) in [6.45, 7) is -1.28. The van der Waals surface area contributed by atoms with Crippen molar-refractivity contribution in [2.45, 2.75) is 31.0 Å². The summed E-state index contributed by atoms with van der Waals surface area (Å²) >= 11 is 0. The topological polar surface area (TPSA) is 174 Å². The number of H-pyrrole nitrogens is 1. The van der Waals surface area contributed by atoms with Crippen LogP contribution in [0.15, 0.2) is 15.8 Å². The van der Waals surface area contributed by atoms with Gasteiger partial charge in [-0.25, -0.2) is 4.79 Å². The predicted molar refractivity (Wildman–Crippen MR) is 78.4 cm³/mol. The van der Waals surface area contributed by atoms with Crippen molar-refractivity contribution in [3.05, 3.63) is 32.6 Å². The van der Waals surface area contributed by atoms with Crippen molar-refractivity contribution in [1.82, 2.24) is 14.9 Å². The summed E-state index contributed by atoms with van der Waals surface area (Å²) in [6.07, 6.45) is -3.00. The average molecular weight is 345 g/mol. The van der Waals surface area contributed by atoms with Crippen LogP contribution in [0.4, 0.5) is 0 Å². The molecule has 0 unspecified atom stereocenters. The van der Waals surface area contributed by atoms with E-state index in [2.05, 4.69) is 5.32 Å². The van der Waals surface area contributed by atoms with Gasteiger partial charge in [0.05, 0.1) is 25.4 Å². The summed E-state index contributed by atoms with van der Waals surface area (Å²) in [4.78, 5) is 37.6. The van der Waals surface area contributed by atoms with Gasteiger partial charge in [-0.15, -0.1) is 0 Å². The molecule has 2 heterocycles. The number of aromatic amines is 1. The van der Waals surface area contributed by atoms with Crippen LogP contribution in [0.1, 0.15) is 23.0 Å². The SMILES string of the molecule is O=C(NC[C@H](O)CO)c1cn([C@H]2C[C@H](O)[C@@H](CO)O2)c(=O)[nH]c1=O. The second-order valence-electron chi connectivity index (χ2n) is 5.37. The zero-order valence-electron chi connectivity index (χ0n) is 12.6. The number of aromatic nitrogens is 2. The Hall–Kier alpha value is -2.05. The van der Waals surface area contributed by atoms with Crippen LogP contribution in [-0.2, 0) is 4.74 Å². The Kier molecular flexibility index (Phi) is 5.85. The zero-order valence-corrected chi connectivity index (χ0v) is 12.6. The van der Waals surface area contributed by atoms with Gasteiger partial charge in [-0.3, -0.25) is 19.1 Å². The lowest BCUT2D eigenvalue weighted by Crippen LogP contribution is -2.40. The second kappa shape index (κ2) is 7.68. The fraction of sp³-hybridized carbons (Fsp3) is 0.615. The van der Waals surface area contributed by atoms with E-state index in [1.54, 1.807) is 0 Å². The Morgan fingerprint density at radius 1 is 1.46 bits per heavy atom. The van der Waals surface area contributed by atoms with E-state index < -0.39 is 60.5 Å². The number of aliphatic hydroxyl groups is 4. The molecule has 0 aliphatic carbocycles. The molecule has 134 valence electrons. The number of rotatable bonds is 6. The van der Waals surface area contributed by atoms with Gasteiger partial charge < -0.3 is 30.5 Å². The van der Waals surface area contributed by atoms with E-state index in [1.165, 1.54) is 0 Å². The Bertz CT molecular complexity index is 699. The molecule has 11 heteroatoms. The number of nitrogens with one attached hydrogen (secondary N) is 2. The number of carbonyl (C=O) groups excluding carboxylic acids is 1. The molecular formula is C13H19N3O8. The van der Waals surface area contributed by atoms with Crippen molar-refractivity contribution < 1.29 is 30.0 Å². The fourth-order valence-electron chi connectivity index (χ4n) is 2.28. The Labute approximate surface area is 135 Å². The first-order valence-electron chi connectivity index (χ1n) is 7.24. The van der Waals surface area contributed by atoms with Crippen LogP contribution >= 0.6 is 0 Å². The molecule has 0 spiro atoms. The molecule has 2 rings (SSSR count). The van der Waals surface area contributed by atoms with Crippen LogP contribution in [0, 0.1) is 0 Å². The van der Waals surface area contributed by atoms with Crippen molar-refractivity contribution in [3.8, 4) is 0 Å². The van der Waals surface area contributed by atoms with E-state index in [0.717, 1.165) is 10.8 Å². The quantitative estimate of drug-likeness (QED) is 0.305. The van der Waals surface area contributed by atoms with Gasteiger partial charge in [0.2, 0.25) is 0 Å². The first kappa shape index (κ1) is 18.3. The van der Waals surface area contributed by atoms with Crippen molar-refractivity contribution in [3.63, 3.8) is 0 Å². The van der Waals surface area contributed by atoms with Crippen molar-refractivity contribution in [2.75, 3.05) is 19.8 Å². The molecule has 0 bridgehead atoms. The molecule has 11 nitrogen and oxygen atoms in total. The highest BCUT2D eigenvalue weighted by Gasteiger charge is 2.35. The summed E-state index contributed by atoms with van der Waals surface area (Å²) in [5.74, 6) is -0.852. The minimum Gasteiger partial charge on any atom is -0.394 e. The number of carbonyl (C=O) groups is 1. The van der Waals surface area contributed by atoms with E-state index in [1.807, 2.05) is 4.98 Å². The van der Waals surface area contributed by atoms with E-state index in [9.17, 15) is 24.6 Å². The van der Waals surface area contributed by atoms with E-state index in [4.69, 9.17) is 14.9 Å². The lowest BCUT2D eigenvalue weighted by atomic mass is 10.2. The van der Waals surface area contributed by atoms with Gasteiger partial charge in [-0.05, 0) is 0 Å². The van der Waals surface area contributed by atoms with Gasteiger partial charge in [-0.1, -0.05) is 0 Å². The molecule has 0 saturated carbocycles. The van der Waals surface area contributed by atoms with Crippen LogP contribution in [0.25, 0.3) is 0 Å². The summed E-state index contributed by atoms with van der Waals surface area (Å²) < 4.78 is 6.26. The lowest BCUT2D eigenvalue weighted by molar-refractivity contribution is -0.0459. The van der Waals surface area contributed by atoms with E-state index in [0.29, 0.717) is 0 Å². The normalized spacial score (nSPS) is 24.8. The molecule has 24 heavy (non-hydrogen) atoms. The highest BCUT2D eigenvalue weighted by atomic mass is 16.5. The van der Waals surface area contributed by atoms with Gasteiger partial charge in [0, 0.05) is 19.2 Å². The van der Waals surface area contributed by atoms with Gasteiger partial charge in [-0.2, -0.15) is 0 Å². The molecule has 1 amide bonds. The molecule has 0 radical (unpaired) electrons. The Morgan fingerprint density at radius 2 is 2.17 bits per heavy atom. The molecule has 1 aliphatic heterocycles. The highest BCUT2D eigenvalue weighted by molar-refractivity contribution is 5.93. The van der Waals surface area contributed by atoms with Crippen LogP contribution in [0.3, 0.4) is 0 Å². The summed E-state index contributed by atoms with van der Waals surface area (Å²) in [6, 6.07) is 0. The number of amides is 1. The molecule has 1 aliphatic rings. The maximum atomic E-state index is 12.0. The van der Waals surface area contributed by atoms with Crippen LogP contribution in [0.2, 0.25) is 0 Å². The maximum Gasteiger partial charge on any atom is 0.330 e. The minimum atomic E-state index is -1.18. The predicted octanol–water partition coefficient (Wildman–Crippen LogP) is -3.74. The molecule has 1 fully saturated rings. The van der Waals surface area contributed by atoms with Crippen molar-refractivity contribution in [1.29, 1.82) is 0 Å². The van der Waals surface area contributed by atoms with Crippen LogP contribution < -0.4 is 16.6 Å². The molecular weight excluding hydrogens is 326 g/mol. The smallest absolute Gasteiger partial charge is 0.330 e. The molecule has 1 aromatic heterocycles. The first-order valence-corrected chi connectivity index (χ1v) is 7.24. The van der Waals surface area contributed by atoms with Gasteiger partial charge in [0.25, 0.3) is 11.5 Å². The van der Waals surface area contributed by atoms with E-state index in [-0.39, 0.29) is 13.0 Å². The lowest BCUT2D eigenvalue weighted by Gasteiger charge is -2.15. The van der Waals surface area contributed by atoms with Crippen molar-refractivity contribution >= 4 is 5.91 Å².